The molecule has 1 aromatic carbocycles. The first-order valence-corrected chi connectivity index (χ1v) is 8.45. The van der Waals surface area contributed by atoms with Crippen molar-refractivity contribution >= 4 is 22.9 Å². The molecule has 5 nitrogen and oxygen atoms in total. The second kappa shape index (κ2) is 5.62. The Labute approximate surface area is 142 Å². The number of carbonyl (C=O) groups excluding carboxylic acids is 1. The molecule has 0 spiro atoms. The van der Waals surface area contributed by atoms with Crippen molar-refractivity contribution < 1.29 is 4.79 Å². The van der Waals surface area contributed by atoms with Crippen LogP contribution in [0.25, 0.3) is 11.0 Å². The van der Waals surface area contributed by atoms with Crippen LogP contribution in [0.3, 0.4) is 0 Å². The summed E-state index contributed by atoms with van der Waals surface area (Å²) in [5.74, 6) is 0.569. The van der Waals surface area contributed by atoms with E-state index in [0.717, 1.165) is 23.9 Å². The molecule has 1 aromatic heterocycles. The second-order valence-corrected chi connectivity index (χ2v) is 8.22. The molecule has 1 saturated carbocycles. The predicted molar refractivity (Wildman–Crippen MR) is 94.6 cm³/mol. The van der Waals surface area contributed by atoms with Gasteiger partial charge in [-0.3, -0.25) is 10.1 Å². The molecule has 0 radical (unpaired) electrons. The van der Waals surface area contributed by atoms with Crippen molar-refractivity contribution in [2.45, 2.75) is 58.9 Å². The van der Waals surface area contributed by atoms with E-state index in [9.17, 15) is 10.1 Å². The van der Waals surface area contributed by atoms with E-state index in [1.165, 1.54) is 6.42 Å². The summed E-state index contributed by atoms with van der Waals surface area (Å²) in [6.07, 6.45) is 3.72. The van der Waals surface area contributed by atoms with E-state index >= 15 is 0 Å². The van der Waals surface area contributed by atoms with Crippen LogP contribution in [0.5, 0.6) is 0 Å². The molecule has 0 bridgehead atoms. The van der Waals surface area contributed by atoms with Crippen LogP contribution in [0.2, 0.25) is 0 Å². The molecule has 0 aliphatic heterocycles. The summed E-state index contributed by atoms with van der Waals surface area (Å²) in [6.45, 7) is 8.32. The van der Waals surface area contributed by atoms with Crippen LogP contribution < -0.4 is 5.32 Å². The fraction of sp³-hybridized carbons (Fsp3) is 0.526. The number of amides is 1. The lowest BCUT2D eigenvalue weighted by Crippen LogP contribution is -2.38. The number of fused-ring (bicyclic) bond motifs is 1. The fourth-order valence-corrected chi connectivity index (χ4v) is 3.34. The van der Waals surface area contributed by atoms with E-state index < -0.39 is 0 Å². The van der Waals surface area contributed by atoms with Gasteiger partial charge in [0, 0.05) is 12.0 Å². The molecule has 3 rings (SSSR count). The molecule has 0 atom stereocenters. The Balaban J connectivity index is 2.05. The molecule has 1 amide bonds. The highest BCUT2D eigenvalue weighted by atomic mass is 16.1. The summed E-state index contributed by atoms with van der Waals surface area (Å²) >= 11 is 0. The number of hydrogen-bond donors (Lipinski definition) is 1. The number of carbonyl (C=O) groups is 1. The van der Waals surface area contributed by atoms with Gasteiger partial charge in [-0.25, -0.2) is 4.98 Å². The van der Waals surface area contributed by atoms with Gasteiger partial charge in [0.05, 0.1) is 22.7 Å². The Morgan fingerprint density at radius 2 is 2.12 bits per heavy atom. The number of aromatic nitrogens is 2. The molecule has 0 unspecified atom stereocenters. The van der Waals surface area contributed by atoms with Crippen molar-refractivity contribution in [2.24, 2.45) is 5.41 Å². The molecule has 1 aliphatic rings. The maximum absolute atomic E-state index is 12.4. The fourth-order valence-electron chi connectivity index (χ4n) is 3.34. The van der Waals surface area contributed by atoms with Crippen LogP contribution in [0.4, 0.5) is 5.95 Å². The standard InChI is InChI=1S/C19H24N4O/c1-18(2,3)11-16(24)22-17-21-14-7-6-13(12-20)10-15(14)23(17)19(4)8-5-9-19/h6-7,10H,5,8-9,11H2,1-4H3,(H,21,22,24). The summed E-state index contributed by atoms with van der Waals surface area (Å²) in [6, 6.07) is 7.67. The van der Waals surface area contributed by atoms with Gasteiger partial charge in [0.1, 0.15) is 0 Å². The van der Waals surface area contributed by atoms with Crippen LogP contribution in [-0.4, -0.2) is 15.5 Å². The molecule has 5 heteroatoms. The summed E-state index contributed by atoms with van der Waals surface area (Å²) in [5, 5.41) is 12.2. The molecular weight excluding hydrogens is 300 g/mol. The molecule has 1 fully saturated rings. The van der Waals surface area contributed by atoms with Crippen molar-refractivity contribution in [1.82, 2.24) is 9.55 Å². The van der Waals surface area contributed by atoms with E-state index in [0.29, 0.717) is 17.9 Å². The monoisotopic (exact) mass is 324 g/mol. The minimum atomic E-state index is -0.0741. The molecular formula is C19H24N4O. The van der Waals surface area contributed by atoms with E-state index in [2.05, 4.69) is 27.9 Å². The van der Waals surface area contributed by atoms with E-state index in [1.807, 2.05) is 32.9 Å². The highest BCUT2D eigenvalue weighted by molar-refractivity contribution is 5.92. The van der Waals surface area contributed by atoms with Gasteiger partial charge in [0.25, 0.3) is 0 Å². The largest absolute Gasteiger partial charge is 0.304 e. The van der Waals surface area contributed by atoms with Crippen molar-refractivity contribution in [3.05, 3.63) is 23.8 Å². The Hall–Kier alpha value is -2.35. The highest BCUT2D eigenvalue weighted by Gasteiger charge is 2.37. The zero-order chi connectivity index (χ0) is 17.5. The van der Waals surface area contributed by atoms with E-state index in [-0.39, 0.29) is 16.9 Å². The maximum atomic E-state index is 12.4. The molecule has 126 valence electrons. The van der Waals surface area contributed by atoms with E-state index in [1.54, 1.807) is 6.07 Å². The third kappa shape index (κ3) is 3.01. The molecule has 1 heterocycles. The second-order valence-electron chi connectivity index (χ2n) is 8.22. The first-order chi connectivity index (χ1) is 11.2. The average Bonchev–Trinajstić information content (AvgIpc) is 2.79. The lowest BCUT2D eigenvalue weighted by atomic mass is 9.78. The molecule has 24 heavy (non-hydrogen) atoms. The van der Waals surface area contributed by atoms with Crippen molar-refractivity contribution in [2.75, 3.05) is 5.32 Å². The third-order valence-electron chi connectivity index (χ3n) is 4.70. The minimum Gasteiger partial charge on any atom is -0.304 e. The van der Waals surface area contributed by atoms with Crippen molar-refractivity contribution in [3.8, 4) is 6.07 Å². The lowest BCUT2D eigenvalue weighted by Gasteiger charge is -2.41. The number of nitriles is 1. The number of nitrogens with one attached hydrogen (secondary N) is 1. The molecule has 0 saturated heterocycles. The quantitative estimate of drug-likeness (QED) is 0.920. The number of nitrogens with zero attached hydrogens (tertiary/aromatic N) is 3. The zero-order valence-corrected chi connectivity index (χ0v) is 14.8. The first kappa shape index (κ1) is 16.5. The zero-order valence-electron chi connectivity index (χ0n) is 14.8. The van der Waals surface area contributed by atoms with Crippen LogP contribution >= 0.6 is 0 Å². The minimum absolute atomic E-state index is 0.0255. The van der Waals surface area contributed by atoms with Gasteiger partial charge in [-0.15, -0.1) is 0 Å². The van der Waals surface area contributed by atoms with Crippen LogP contribution in [0.15, 0.2) is 18.2 Å². The normalized spacial score (nSPS) is 16.5. The van der Waals surface area contributed by atoms with Gasteiger partial charge in [-0.05, 0) is 49.8 Å². The topological polar surface area (TPSA) is 70.7 Å². The number of rotatable bonds is 3. The number of hydrogen-bond acceptors (Lipinski definition) is 3. The number of benzene rings is 1. The van der Waals surface area contributed by atoms with Gasteiger partial charge in [-0.1, -0.05) is 20.8 Å². The SMILES string of the molecule is CC(C)(C)CC(=O)Nc1nc2ccc(C#N)cc2n1C1(C)CCC1. The van der Waals surface area contributed by atoms with Gasteiger partial charge in [0.2, 0.25) is 11.9 Å². The van der Waals surface area contributed by atoms with Crippen LogP contribution in [-0.2, 0) is 10.3 Å². The molecule has 2 aromatic rings. The third-order valence-corrected chi connectivity index (χ3v) is 4.70. The van der Waals surface area contributed by atoms with Gasteiger partial charge in [-0.2, -0.15) is 5.26 Å². The summed E-state index contributed by atoms with van der Waals surface area (Å²) in [7, 11) is 0. The summed E-state index contributed by atoms with van der Waals surface area (Å²) in [4.78, 5) is 17.0. The van der Waals surface area contributed by atoms with Crippen LogP contribution in [0.1, 0.15) is 58.9 Å². The number of anilines is 1. The number of imidazole rings is 1. The average molecular weight is 324 g/mol. The summed E-state index contributed by atoms with van der Waals surface area (Å²) in [5.41, 5.74) is 2.22. The smallest absolute Gasteiger partial charge is 0.227 e. The van der Waals surface area contributed by atoms with Gasteiger partial charge >= 0.3 is 0 Å². The highest BCUT2D eigenvalue weighted by Crippen LogP contribution is 2.43. The summed E-state index contributed by atoms with van der Waals surface area (Å²) < 4.78 is 2.12. The lowest BCUT2D eigenvalue weighted by molar-refractivity contribution is -0.117. The Morgan fingerprint density at radius 3 is 2.67 bits per heavy atom. The van der Waals surface area contributed by atoms with Crippen molar-refractivity contribution in [3.63, 3.8) is 0 Å². The van der Waals surface area contributed by atoms with Crippen molar-refractivity contribution in [1.29, 1.82) is 5.26 Å². The predicted octanol–water partition coefficient (Wildman–Crippen LogP) is 4.18. The first-order valence-electron chi connectivity index (χ1n) is 8.45. The van der Waals surface area contributed by atoms with Gasteiger partial charge < -0.3 is 4.57 Å². The van der Waals surface area contributed by atoms with Gasteiger partial charge in [0.15, 0.2) is 0 Å². The molecule has 1 aliphatic carbocycles. The Morgan fingerprint density at radius 1 is 1.42 bits per heavy atom. The molecule has 1 N–H and O–H groups in total. The maximum Gasteiger partial charge on any atom is 0.227 e. The Bertz CT molecular complexity index is 831. The Kier molecular flexibility index (Phi) is 3.87. The van der Waals surface area contributed by atoms with Crippen LogP contribution in [0, 0.1) is 16.7 Å². The van der Waals surface area contributed by atoms with E-state index in [4.69, 9.17) is 0 Å².